The summed E-state index contributed by atoms with van der Waals surface area (Å²) in [7, 11) is 0. The molecule has 2 aromatic rings. The smallest absolute Gasteiger partial charge is 0.416 e. The summed E-state index contributed by atoms with van der Waals surface area (Å²) in [5.41, 5.74) is -0.582. The molecule has 1 N–H and O–H groups in total. The molecule has 1 heterocycles. The third-order valence-electron chi connectivity index (χ3n) is 4.11. The van der Waals surface area contributed by atoms with Crippen LogP contribution in [0.5, 0.6) is 0 Å². The van der Waals surface area contributed by atoms with Crippen molar-refractivity contribution in [3.63, 3.8) is 0 Å². The highest BCUT2D eigenvalue weighted by Crippen LogP contribution is 2.29. The summed E-state index contributed by atoms with van der Waals surface area (Å²) < 4.78 is 43.6. The average molecular weight is 425 g/mol. The minimum Gasteiger partial charge on any atom is -0.446 e. The van der Waals surface area contributed by atoms with Crippen LogP contribution in [0.3, 0.4) is 0 Å². The summed E-state index contributed by atoms with van der Waals surface area (Å²) in [6.45, 7) is 8.58. The molecule has 0 bridgehead atoms. The van der Waals surface area contributed by atoms with Crippen LogP contribution in [0.15, 0.2) is 34.9 Å². The quantitative estimate of drug-likeness (QED) is 0.681. The van der Waals surface area contributed by atoms with Crippen LogP contribution in [0.25, 0.3) is 0 Å². The largest absolute Gasteiger partial charge is 0.446 e. The maximum Gasteiger partial charge on any atom is 0.416 e. The van der Waals surface area contributed by atoms with Gasteiger partial charge in [-0.05, 0) is 36.1 Å². The van der Waals surface area contributed by atoms with Crippen LogP contribution in [-0.4, -0.2) is 34.8 Å². The van der Waals surface area contributed by atoms with Gasteiger partial charge >= 0.3 is 6.18 Å². The molecular weight excluding hydrogens is 399 g/mol. The first kappa shape index (κ1) is 23.4. The third kappa shape index (κ3) is 6.60. The minimum absolute atomic E-state index is 0.00447. The fourth-order valence-corrected chi connectivity index (χ4v) is 2.68. The lowest BCUT2D eigenvalue weighted by Gasteiger charge is -2.23. The van der Waals surface area contributed by atoms with E-state index in [9.17, 15) is 22.8 Å². The van der Waals surface area contributed by atoms with Crippen molar-refractivity contribution in [2.24, 2.45) is 11.8 Å². The molecule has 0 fully saturated rings. The molecule has 30 heavy (non-hydrogen) atoms. The molecule has 1 aromatic heterocycles. The molecule has 0 atom stereocenters. The topological polar surface area (TPSA) is 75.4 Å². The van der Waals surface area contributed by atoms with Crippen molar-refractivity contribution in [2.75, 3.05) is 13.1 Å². The molecule has 0 aliphatic rings. The second-order valence-corrected chi connectivity index (χ2v) is 7.88. The van der Waals surface area contributed by atoms with Gasteiger partial charge in [-0.2, -0.15) is 13.2 Å². The zero-order valence-electron chi connectivity index (χ0n) is 17.4. The molecule has 1 aromatic carbocycles. The molecule has 0 unspecified atom stereocenters. The van der Waals surface area contributed by atoms with Gasteiger partial charge in [0, 0.05) is 18.7 Å². The normalized spacial score (nSPS) is 11.8. The highest BCUT2D eigenvalue weighted by Gasteiger charge is 2.30. The van der Waals surface area contributed by atoms with Crippen molar-refractivity contribution in [3.05, 3.63) is 53.2 Å². The van der Waals surface area contributed by atoms with E-state index in [1.807, 2.05) is 27.7 Å². The Bertz CT molecular complexity index is 858. The Balaban J connectivity index is 2.14. The predicted molar refractivity (Wildman–Crippen MR) is 105 cm³/mol. The number of hydrogen-bond donors (Lipinski definition) is 1. The molecular formula is C21H26F3N3O3. The molecule has 0 spiro atoms. The highest BCUT2D eigenvalue weighted by atomic mass is 19.4. The van der Waals surface area contributed by atoms with Gasteiger partial charge in [0.25, 0.3) is 11.8 Å². The van der Waals surface area contributed by atoms with E-state index in [0.29, 0.717) is 13.1 Å². The van der Waals surface area contributed by atoms with Crippen molar-refractivity contribution >= 4 is 11.8 Å². The first-order valence-corrected chi connectivity index (χ1v) is 9.66. The average Bonchev–Trinajstić information content (AvgIpc) is 3.12. The van der Waals surface area contributed by atoms with E-state index in [-0.39, 0.29) is 41.4 Å². The second kappa shape index (κ2) is 9.77. The van der Waals surface area contributed by atoms with Crippen LogP contribution in [0.1, 0.15) is 60.0 Å². The van der Waals surface area contributed by atoms with Gasteiger partial charge in [0.2, 0.25) is 5.89 Å². The van der Waals surface area contributed by atoms with Crippen LogP contribution >= 0.6 is 0 Å². The van der Waals surface area contributed by atoms with Gasteiger partial charge in [-0.15, -0.1) is 0 Å². The number of rotatable bonds is 8. The zero-order chi connectivity index (χ0) is 22.5. The maximum atomic E-state index is 12.9. The fourth-order valence-electron chi connectivity index (χ4n) is 2.68. The Kier molecular flexibility index (Phi) is 7.64. The van der Waals surface area contributed by atoms with E-state index in [0.717, 1.165) is 24.3 Å². The Morgan fingerprint density at radius 3 is 2.27 bits per heavy atom. The Labute approximate surface area is 173 Å². The number of carbonyl (C=O) groups is 2. The standard InChI is InChI=1S/C21H26F3N3O3/c1-13(2)9-25-19(28)17-12-30-18(26-17)11-27(10-14(3)4)20(29)15-5-7-16(8-6-15)21(22,23)24/h5-8,12-14H,9-11H2,1-4H3,(H,25,28). The minimum atomic E-state index is -4.47. The van der Waals surface area contributed by atoms with E-state index < -0.39 is 17.6 Å². The Morgan fingerprint density at radius 2 is 1.73 bits per heavy atom. The summed E-state index contributed by atoms with van der Waals surface area (Å²) in [4.78, 5) is 30.5. The molecule has 0 saturated carbocycles. The first-order chi connectivity index (χ1) is 14.0. The van der Waals surface area contributed by atoms with E-state index in [1.54, 1.807) is 0 Å². The van der Waals surface area contributed by atoms with E-state index in [1.165, 1.54) is 11.2 Å². The molecule has 0 aliphatic carbocycles. The van der Waals surface area contributed by atoms with Crippen molar-refractivity contribution in [3.8, 4) is 0 Å². The number of nitrogens with one attached hydrogen (secondary N) is 1. The van der Waals surface area contributed by atoms with Gasteiger partial charge in [0.15, 0.2) is 5.69 Å². The summed E-state index contributed by atoms with van der Waals surface area (Å²) in [6.07, 6.45) is -3.25. The van der Waals surface area contributed by atoms with Gasteiger partial charge in [0.05, 0.1) is 12.1 Å². The van der Waals surface area contributed by atoms with E-state index in [4.69, 9.17) is 4.42 Å². The van der Waals surface area contributed by atoms with Crippen LogP contribution in [0.4, 0.5) is 13.2 Å². The number of hydrogen-bond acceptors (Lipinski definition) is 4. The van der Waals surface area contributed by atoms with Crippen molar-refractivity contribution in [2.45, 2.75) is 40.4 Å². The van der Waals surface area contributed by atoms with Crippen molar-refractivity contribution < 1.29 is 27.2 Å². The van der Waals surface area contributed by atoms with Crippen molar-refractivity contribution in [1.82, 2.24) is 15.2 Å². The lowest BCUT2D eigenvalue weighted by atomic mass is 10.1. The fraction of sp³-hybridized carbons (Fsp3) is 0.476. The predicted octanol–water partition coefficient (Wildman–Crippen LogP) is 4.38. The molecule has 0 radical (unpaired) electrons. The lowest BCUT2D eigenvalue weighted by Crippen LogP contribution is -2.34. The zero-order valence-corrected chi connectivity index (χ0v) is 17.4. The van der Waals surface area contributed by atoms with Crippen LogP contribution < -0.4 is 5.32 Å². The molecule has 2 amide bonds. The number of nitrogens with zero attached hydrogens (tertiary/aromatic N) is 2. The van der Waals surface area contributed by atoms with Gasteiger partial charge in [-0.3, -0.25) is 9.59 Å². The van der Waals surface area contributed by atoms with Crippen LogP contribution in [0.2, 0.25) is 0 Å². The molecule has 2 rings (SSSR count). The Hall–Kier alpha value is -2.84. The summed E-state index contributed by atoms with van der Waals surface area (Å²) in [5.74, 6) is -0.259. The molecule has 0 saturated heterocycles. The van der Waals surface area contributed by atoms with Gasteiger partial charge in [0.1, 0.15) is 6.26 Å². The van der Waals surface area contributed by atoms with E-state index >= 15 is 0 Å². The second-order valence-electron chi connectivity index (χ2n) is 7.88. The molecule has 164 valence electrons. The summed E-state index contributed by atoms with van der Waals surface area (Å²) in [6, 6.07) is 4.06. The highest BCUT2D eigenvalue weighted by molar-refractivity contribution is 5.94. The molecule has 0 aliphatic heterocycles. The molecule has 9 heteroatoms. The summed E-state index contributed by atoms with van der Waals surface area (Å²) >= 11 is 0. The summed E-state index contributed by atoms with van der Waals surface area (Å²) in [5, 5.41) is 2.73. The Morgan fingerprint density at radius 1 is 1.10 bits per heavy atom. The van der Waals surface area contributed by atoms with Crippen LogP contribution in [-0.2, 0) is 12.7 Å². The van der Waals surface area contributed by atoms with Gasteiger partial charge in [-0.25, -0.2) is 4.98 Å². The molecule has 6 nitrogen and oxygen atoms in total. The van der Waals surface area contributed by atoms with Crippen LogP contribution in [0, 0.1) is 11.8 Å². The van der Waals surface area contributed by atoms with Gasteiger partial charge < -0.3 is 14.6 Å². The number of amides is 2. The van der Waals surface area contributed by atoms with E-state index in [2.05, 4.69) is 10.3 Å². The number of oxazole rings is 1. The number of aromatic nitrogens is 1. The monoisotopic (exact) mass is 425 g/mol. The van der Waals surface area contributed by atoms with Crippen molar-refractivity contribution in [1.29, 1.82) is 0 Å². The number of halogens is 3. The number of carbonyl (C=O) groups excluding carboxylic acids is 2. The van der Waals surface area contributed by atoms with Gasteiger partial charge in [-0.1, -0.05) is 27.7 Å². The first-order valence-electron chi connectivity index (χ1n) is 9.66. The number of alkyl halides is 3. The third-order valence-corrected chi connectivity index (χ3v) is 4.11. The SMILES string of the molecule is CC(C)CNC(=O)c1coc(CN(CC(C)C)C(=O)c2ccc(C(F)(F)F)cc2)n1. The lowest BCUT2D eigenvalue weighted by molar-refractivity contribution is -0.137. The number of benzene rings is 1. The maximum absolute atomic E-state index is 12.9.